The fraction of sp³-hybridized carbons (Fsp3) is 0.0714. The van der Waals surface area contributed by atoms with Gasteiger partial charge in [0.2, 0.25) is 0 Å². The monoisotopic (exact) mass is 403 g/mol. The molecule has 0 aliphatic carbocycles. The van der Waals surface area contributed by atoms with Crippen LogP contribution in [0.3, 0.4) is 0 Å². The Hall–Kier alpha value is -1.47. The topological polar surface area (TPSA) is 58.6 Å². The second-order valence-corrected chi connectivity index (χ2v) is 5.54. The van der Waals surface area contributed by atoms with E-state index in [0.717, 1.165) is 0 Å². The van der Waals surface area contributed by atoms with Gasteiger partial charge in [0.05, 0.1) is 15.7 Å². The number of nitrogens with one attached hydrogen (secondary N) is 1. The van der Waals surface area contributed by atoms with Crippen molar-refractivity contribution in [1.29, 1.82) is 0 Å². The van der Waals surface area contributed by atoms with E-state index in [1.807, 2.05) is 22.6 Å². The Balaban J connectivity index is 2.21. The Morgan fingerprint density at radius 1 is 1.30 bits per heavy atom. The smallest absolute Gasteiger partial charge is 0.255 e. The van der Waals surface area contributed by atoms with E-state index < -0.39 is 0 Å². The van der Waals surface area contributed by atoms with Gasteiger partial charge >= 0.3 is 0 Å². The maximum absolute atomic E-state index is 12.1. The van der Waals surface area contributed by atoms with Crippen molar-refractivity contribution in [2.45, 2.75) is 0 Å². The first-order valence-corrected chi connectivity index (χ1v) is 7.10. The highest BCUT2D eigenvalue weighted by atomic mass is 127. The van der Waals surface area contributed by atoms with Crippen LogP contribution in [0.2, 0.25) is 5.02 Å². The molecule has 2 aromatic carbocycles. The number of halogens is 2. The molecular weight excluding hydrogens is 393 g/mol. The third-order valence-electron chi connectivity index (χ3n) is 2.62. The molecule has 0 radical (unpaired) electrons. The number of rotatable bonds is 3. The fourth-order valence-corrected chi connectivity index (χ4v) is 2.12. The molecule has 4 nitrogen and oxygen atoms in total. The van der Waals surface area contributed by atoms with Gasteiger partial charge in [0.1, 0.15) is 11.5 Å². The molecule has 0 saturated carbocycles. The minimum atomic E-state index is -0.318. The lowest BCUT2D eigenvalue weighted by molar-refractivity contribution is 0.102. The highest BCUT2D eigenvalue weighted by Crippen LogP contribution is 2.28. The van der Waals surface area contributed by atoms with Gasteiger partial charge in [0.15, 0.2) is 0 Å². The second-order valence-electron chi connectivity index (χ2n) is 3.97. The predicted octanol–water partition coefficient (Wildman–Crippen LogP) is 3.91. The van der Waals surface area contributed by atoms with Crippen molar-refractivity contribution >= 4 is 45.8 Å². The number of carbonyl (C=O) groups excluding carboxylic acids is 1. The number of carbonyl (C=O) groups is 1. The molecule has 0 unspecified atom stereocenters. The van der Waals surface area contributed by atoms with Crippen LogP contribution in [-0.2, 0) is 0 Å². The summed E-state index contributed by atoms with van der Waals surface area (Å²) >= 11 is 7.90. The first kappa shape index (κ1) is 14.9. The summed E-state index contributed by atoms with van der Waals surface area (Å²) in [5.41, 5.74) is 0.936. The van der Waals surface area contributed by atoms with Crippen LogP contribution in [0.4, 0.5) is 5.69 Å². The van der Waals surface area contributed by atoms with Crippen molar-refractivity contribution in [3.05, 3.63) is 50.6 Å². The van der Waals surface area contributed by atoms with Gasteiger partial charge < -0.3 is 15.2 Å². The lowest BCUT2D eigenvalue weighted by Gasteiger charge is -2.09. The van der Waals surface area contributed by atoms with Gasteiger partial charge in [0, 0.05) is 17.3 Å². The molecule has 20 heavy (non-hydrogen) atoms. The molecule has 0 fully saturated rings. The molecule has 0 atom stereocenters. The van der Waals surface area contributed by atoms with Gasteiger partial charge in [-0.1, -0.05) is 11.6 Å². The van der Waals surface area contributed by atoms with E-state index in [4.69, 9.17) is 16.3 Å². The molecule has 6 heteroatoms. The molecule has 0 aliphatic heterocycles. The number of phenols is 1. The van der Waals surface area contributed by atoms with Crippen molar-refractivity contribution in [2.75, 3.05) is 12.4 Å². The SMILES string of the molecule is COc1cc(NC(=O)c2ccc(I)c(O)c2)ccc1Cl. The summed E-state index contributed by atoms with van der Waals surface area (Å²) in [7, 11) is 1.50. The summed E-state index contributed by atoms with van der Waals surface area (Å²) in [5, 5.41) is 12.8. The number of aromatic hydroxyl groups is 1. The largest absolute Gasteiger partial charge is 0.507 e. The third kappa shape index (κ3) is 3.34. The molecular formula is C14H11ClINO3. The van der Waals surface area contributed by atoms with Crippen LogP contribution in [0, 0.1) is 3.57 Å². The molecule has 0 bridgehead atoms. The van der Waals surface area contributed by atoms with Gasteiger partial charge in [-0.25, -0.2) is 0 Å². The summed E-state index contributed by atoms with van der Waals surface area (Å²) in [6.45, 7) is 0. The first-order chi connectivity index (χ1) is 9.51. The number of anilines is 1. The second kappa shape index (κ2) is 6.32. The number of phenolic OH excluding ortho intramolecular Hbond substituents is 1. The van der Waals surface area contributed by atoms with Crippen LogP contribution >= 0.6 is 34.2 Å². The standard InChI is InChI=1S/C14H11ClINO3/c1-20-13-7-9(3-4-10(13)15)17-14(19)8-2-5-11(16)12(18)6-8/h2-7,18H,1H3,(H,17,19). The van der Waals surface area contributed by atoms with E-state index in [-0.39, 0.29) is 11.7 Å². The zero-order valence-corrected chi connectivity index (χ0v) is 13.4. The molecule has 0 saturated heterocycles. The lowest BCUT2D eigenvalue weighted by Crippen LogP contribution is -2.11. The average Bonchev–Trinajstić information content (AvgIpc) is 2.43. The summed E-state index contributed by atoms with van der Waals surface area (Å²) < 4.78 is 5.77. The van der Waals surface area contributed by atoms with Gasteiger partial charge in [-0.3, -0.25) is 4.79 Å². The number of hydrogen-bond donors (Lipinski definition) is 2. The molecule has 0 aliphatic rings. The van der Waals surface area contributed by atoms with E-state index in [2.05, 4.69) is 5.32 Å². The summed E-state index contributed by atoms with van der Waals surface area (Å²) in [5.74, 6) is 0.239. The number of hydrogen-bond acceptors (Lipinski definition) is 3. The predicted molar refractivity (Wildman–Crippen MR) is 86.8 cm³/mol. The Morgan fingerprint density at radius 3 is 2.70 bits per heavy atom. The molecule has 0 heterocycles. The van der Waals surface area contributed by atoms with Crippen molar-refractivity contribution < 1.29 is 14.6 Å². The van der Waals surface area contributed by atoms with E-state index in [1.54, 1.807) is 30.3 Å². The molecule has 2 aromatic rings. The highest BCUT2D eigenvalue weighted by Gasteiger charge is 2.10. The van der Waals surface area contributed by atoms with Crippen LogP contribution in [0.1, 0.15) is 10.4 Å². The first-order valence-electron chi connectivity index (χ1n) is 5.64. The van der Waals surface area contributed by atoms with E-state index in [1.165, 1.54) is 13.2 Å². The van der Waals surface area contributed by atoms with Crippen molar-refractivity contribution in [2.24, 2.45) is 0 Å². The van der Waals surface area contributed by atoms with Crippen molar-refractivity contribution in [1.82, 2.24) is 0 Å². The number of benzene rings is 2. The molecule has 1 amide bonds. The van der Waals surface area contributed by atoms with Crippen LogP contribution < -0.4 is 10.1 Å². The van der Waals surface area contributed by atoms with Crippen molar-refractivity contribution in [3.8, 4) is 11.5 Å². The molecule has 104 valence electrons. The zero-order valence-electron chi connectivity index (χ0n) is 10.5. The average molecular weight is 404 g/mol. The third-order valence-corrected chi connectivity index (χ3v) is 3.84. The van der Waals surface area contributed by atoms with E-state index in [0.29, 0.717) is 25.6 Å². The summed E-state index contributed by atoms with van der Waals surface area (Å²) in [6, 6.07) is 9.69. The van der Waals surface area contributed by atoms with Crippen LogP contribution in [-0.4, -0.2) is 18.1 Å². The minimum absolute atomic E-state index is 0.0759. The van der Waals surface area contributed by atoms with Gasteiger partial charge in [-0.15, -0.1) is 0 Å². The molecule has 2 N–H and O–H groups in total. The van der Waals surface area contributed by atoms with Crippen LogP contribution in [0.15, 0.2) is 36.4 Å². The van der Waals surface area contributed by atoms with Gasteiger partial charge in [0.25, 0.3) is 5.91 Å². The van der Waals surface area contributed by atoms with Crippen LogP contribution in [0.5, 0.6) is 11.5 Å². The van der Waals surface area contributed by atoms with Crippen LogP contribution in [0.25, 0.3) is 0 Å². The quantitative estimate of drug-likeness (QED) is 0.764. The molecule has 2 rings (SSSR count). The number of ether oxygens (including phenoxy) is 1. The van der Waals surface area contributed by atoms with Gasteiger partial charge in [-0.2, -0.15) is 0 Å². The normalized spacial score (nSPS) is 10.2. The summed E-state index contributed by atoms with van der Waals surface area (Å²) in [4.78, 5) is 12.1. The van der Waals surface area contributed by atoms with E-state index >= 15 is 0 Å². The van der Waals surface area contributed by atoms with E-state index in [9.17, 15) is 9.90 Å². The summed E-state index contributed by atoms with van der Waals surface area (Å²) in [6.07, 6.45) is 0. The zero-order chi connectivity index (χ0) is 14.7. The minimum Gasteiger partial charge on any atom is -0.507 e. The Labute approximate surface area is 134 Å². The van der Waals surface area contributed by atoms with Gasteiger partial charge in [-0.05, 0) is 52.9 Å². The number of methoxy groups -OCH3 is 1. The Morgan fingerprint density at radius 2 is 2.05 bits per heavy atom. The Bertz CT molecular complexity index is 661. The molecule has 0 aromatic heterocycles. The highest BCUT2D eigenvalue weighted by molar-refractivity contribution is 14.1. The molecule has 0 spiro atoms. The van der Waals surface area contributed by atoms with Crippen molar-refractivity contribution in [3.63, 3.8) is 0 Å². The number of amides is 1. The fourth-order valence-electron chi connectivity index (χ4n) is 1.59. The maximum Gasteiger partial charge on any atom is 0.255 e. The maximum atomic E-state index is 12.1. The Kier molecular flexibility index (Phi) is 4.72. The lowest BCUT2D eigenvalue weighted by atomic mass is 10.2.